The normalized spacial score (nSPS) is 11.4. The van der Waals surface area contributed by atoms with Crippen molar-refractivity contribution in [2.24, 2.45) is 7.05 Å². The zero-order valence-electron chi connectivity index (χ0n) is 13.2. The van der Waals surface area contributed by atoms with Gasteiger partial charge in [0.1, 0.15) is 5.69 Å². The van der Waals surface area contributed by atoms with Gasteiger partial charge in [0.05, 0.1) is 0 Å². The van der Waals surface area contributed by atoms with E-state index >= 15 is 0 Å². The molecule has 0 saturated heterocycles. The van der Waals surface area contributed by atoms with Gasteiger partial charge in [-0.15, -0.1) is 0 Å². The molecule has 0 radical (unpaired) electrons. The van der Waals surface area contributed by atoms with Crippen LogP contribution in [-0.2, 0) is 13.2 Å². The van der Waals surface area contributed by atoms with Crippen LogP contribution in [0.2, 0.25) is 0 Å². The molecule has 0 aliphatic rings. The number of alkyl halides is 3. The van der Waals surface area contributed by atoms with Crippen molar-refractivity contribution in [2.45, 2.75) is 6.18 Å². The minimum Gasteiger partial charge on any atom is -0.321 e. The molecule has 0 spiro atoms. The number of hydrogen-bond donors (Lipinski definition) is 1. The summed E-state index contributed by atoms with van der Waals surface area (Å²) in [6.07, 6.45) is -4.56. The van der Waals surface area contributed by atoms with Gasteiger partial charge in [-0.25, -0.2) is 0 Å². The van der Waals surface area contributed by atoms with Gasteiger partial charge in [-0.05, 0) is 23.3 Å². The van der Waals surface area contributed by atoms with Crippen molar-refractivity contribution in [3.05, 3.63) is 72.1 Å². The van der Waals surface area contributed by atoms with Gasteiger partial charge in [-0.1, -0.05) is 42.5 Å². The molecule has 0 unspecified atom stereocenters. The summed E-state index contributed by atoms with van der Waals surface area (Å²) >= 11 is 0. The number of benzene rings is 2. The maximum atomic E-state index is 12.8. The summed E-state index contributed by atoms with van der Waals surface area (Å²) in [7, 11) is 1.15. The van der Waals surface area contributed by atoms with Crippen LogP contribution in [0.4, 0.5) is 18.9 Å². The van der Waals surface area contributed by atoms with E-state index in [1.54, 1.807) is 12.1 Å². The summed E-state index contributed by atoms with van der Waals surface area (Å²) in [5, 5.41) is 6.17. The molecule has 4 nitrogen and oxygen atoms in total. The molecule has 3 rings (SSSR count). The smallest absolute Gasteiger partial charge is 0.321 e. The van der Waals surface area contributed by atoms with E-state index in [2.05, 4.69) is 10.4 Å². The highest BCUT2D eigenvalue weighted by molar-refractivity contribution is 6.03. The summed E-state index contributed by atoms with van der Waals surface area (Å²) in [6.45, 7) is 0. The van der Waals surface area contributed by atoms with Crippen molar-refractivity contribution in [1.29, 1.82) is 0 Å². The van der Waals surface area contributed by atoms with E-state index in [9.17, 15) is 18.0 Å². The number of hydrogen-bond acceptors (Lipinski definition) is 2. The first kappa shape index (κ1) is 16.8. The Labute approximate surface area is 141 Å². The van der Waals surface area contributed by atoms with Gasteiger partial charge in [-0.3, -0.25) is 9.48 Å². The molecule has 0 aliphatic carbocycles. The van der Waals surface area contributed by atoms with Gasteiger partial charge >= 0.3 is 6.18 Å². The van der Waals surface area contributed by atoms with E-state index in [0.717, 1.165) is 24.2 Å². The molecule has 1 amide bonds. The van der Waals surface area contributed by atoms with Crippen molar-refractivity contribution < 1.29 is 18.0 Å². The number of nitrogens with zero attached hydrogens (tertiary/aromatic N) is 2. The molecule has 25 heavy (non-hydrogen) atoms. The molecule has 128 valence electrons. The lowest BCUT2D eigenvalue weighted by molar-refractivity contribution is -0.143. The van der Waals surface area contributed by atoms with Crippen LogP contribution < -0.4 is 5.32 Å². The number of halogens is 3. The Hall–Kier alpha value is -3.09. The highest BCUT2D eigenvalue weighted by Crippen LogP contribution is 2.29. The maximum absolute atomic E-state index is 12.8. The average Bonchev–Trinajstić information content (AvgIpc) is 2.99. The number of carbonyl (C=O) groups is 1. The molecule has 0 saturated carbocycles. The monoisotopic (exact) mass is 345 g/mol. The maximum Gasteiger partial charge on any atom is 0.433 e. The first-order valence-electron chi connectivity index (χ1n) is 7.42. The Balaban J connectivity index is 1.75. The van der Waals surface area contributed by atoms with Crippen LogP contribution in [0.5, 0.6) is 0 Å². The zero-order valence-corrected chi connectivity index (χ0v) is 13.2. The van der Waals surface area contributed by atoms with Crippen LogP contribution in [0.25, 0.3) is 11.1 Å². The lowest BCUT2D eigenvalue weighted by Crippen LogP contribution is -2.13. The number of nitrogens with one attached hydrogen (secondary N) is 1. The van der Waals surface area contributed by atoms with Gasteiger partial charge in [0.25, 0.3) is 5.91 Å². The molecule has 1 N–H and O–H groups in total. The third kappa shape index (κ3) is 3.71. The van der Waals surface area contributed by atoms with Gasteiger partial charge in [0, 0.05) is 18.8 Å². The fraction of sp³-hybridized carbons (Fsp3) is 0.111. The topological polar surface area (TPSA) is 46.9 Å². The Morgan fingerprint density at radius 3 is 2.16 bits per heavy atom. The molecule has 2 aromatic carbocycles. The summed E-state index contributed by atoms with van der Waals surface area (Å²) in [5.74, 6) is -0.696. The molecule has 0 bridgehead atoms. The molecule has 3 aromatic rings. The van der Waals surface area contributed by atoms with Crippen molar-refractivity contribution in [2.75, 3.05) is 5.32 Å². The Kier molecular flexibility index (Phi) is 4.31. The number of anilines is 1. The van der Waals surface area contributed by atoms with E-state index in [0.29, 0.717) is 10.4 Å². The van der Waals surface area contributed by atoms with Crippen LogP contribution in [0.3, 0.4) is 0 Å². The lowest BCUT2D eigenvalue weighted by Gasteiger charge is -2.05. The Bertz CT molecular complexity index is 884. The largest absolute Gasteiger partial charge is 0.433 e. The first-order valence-corrected chi connectivity index (χ1v) is 7.42. The van der Waals surface area contributed by atoms with Gasteiger partial charge in [-0.2, -0.15) is 18.3 Å². The summed E-state index contributed by atoms with van der Waals surface area (Å²) in [5.41, 5.74) is 1.21. The van der Waals surface area contributed by atoms with Crippen molar-refractivity contribution in [3.8, 4) is 11.1 Å². The molecular formula is C18H14F3N3O. The first-order chi connectivity index (χ1) is 11.8. The fourth-order valence-electron chi connectivity index (χ4n) is 2.42. The molecule has 0 aliphatic heterocycles. The summed E-state index contributed by atoms with van der Waals surface area (Å²) in [6, 6.07) is 17.4. The zero-order chi connectivity index (χ0) is 18.0. The van der Waals surface area contributed by atoms with E-state index < -0.39 is 17.8 Å². The van der Waals surface area contributed by atoms with Crippen molar-refractivity contribution in [3.63, 3.8) is 0 Å². The predicted molar refractivity (Wildman–Crippen MR) is 88.0 cm³/mol. The van der Waals surface area contributed by atoms with Gasteiger partial charge in [0.15, 0.2) is 5.69 Å². The molecule has 7 heteroatoms. The van der Waals surface area contributed by atoms with Crippen LogP contribution in [0.15, 0.2) is 60.7 Å². The molecule has 0 fully saturated rings. The highest BCUT2D eigenvalue weighted by Gasteiger charge is 2.35. The van der Waals surface area contributed by atoms with Crippen molar-refractivity contribution >= 4 is 11.6 Å². The van der Waals surface area contributed by atoms with E-state index in [1.807, 2.05) is 42.5 Å². The second-order valence-electron chi connectivity index (χ2n) is 5.43. The molecule has 1 heterocycles. The fourth-order valence-corrected chi connectivity index (χ4v) is 2.42. The van der Waals surface area contributed by atoms with Crippen LogP contribution in [-0.4, -0.2) is 15.7 Å². The third-order valence-electron chi connectivity index (χ3n) is 3.65. The standard InChI is InChI=1S/C18H14F3N3O/c1-24-16(18(19,20)21)11-15(23-24)17(25)22-14-9-7-13(8-10-14)12-5-3-2-4-6-12/h2-11H,1H3,(H,22,25). The molecular weight excluding hydrogens is 331 g/mol. The van der Waals surface area contributed by atoms with E-state index in [4.69, 9.17) is 0 Å². The van der Waals surface area contributed by atoms with Crippen molar-refractivity contribution in [1.82, 2.24) is 9.78 Å². The number of rotatable bonds is 3. The SMILES string of the molecule is Cn1nc(C(=O)Nc2ccc(-c3ccccc3)cc2)cc1C(F)(F)F. The average molecular weight is 345 g/mol. The second kappa shape index (κ2) is 6.43. The van der Waals surface area contributed by atoms with Crippen LogP contribution in [0.1, 0.15) is 16.2 Å². The van der Waals surface area contributed by atoms with Crippen LogP contribution in [0, 0.1) is 0 Å². The van der Waals surface area contributed by atoms with E-state index in [1.165, 1.54) is 0 Å². The minimum absolute atomic E-state index is 0.290. The van der Waals surface area contributed by atoms with Crippen LogP contribution >= 0.6 is 0 Å². The number of aryl methyl sites for hydroxylation is 1. The number of amides is 1. The Morgan fingerprint density at radius 1 is 1.00 bits per heavy atom. The van der Waals surface area contributed by atoms with Gasteiger partial charge in [0.2, 0.25) is 0 Å². The molecule has 1 aromatic heterocycles. The quantitative estimate of drug-likeness (QED) is 0.767. The number of aromatic nitrogens is 2. The lowest BCUT2D eigenvalue weighted by atomic mass is 10.1. The highest BCUT2D eigenvalue weighted by atomic mass is 19.4. The van der Waals surface area contributed by atoms with E-state index in [-0.39, 0.29) is 5.69 Å². The Morgan fingerprint density at radius 2 is 1.60 bits per heavy atom. The number of carbonyl (C=O) groups excluding carboxylic acids is 1. The minimum atomic E-state index is -4.56. The van der Waals surface area contributed by atoms with Gasteiger partial charge < -0.3 is 5.32 Å². The summed E-state index contributed by atoms with van der Waals surface area (Å²) in [4.78, 5) is 12.1. The predicted octanol–water partition coefficient (Wildman–Crippen LogP) is 4.36. The third-order valence-corrected chi connectivity index (χ3v) is 3.65. The molecule has 0 atom stereocenters. The second-order valence-corrected chi connectivity index (χ2v) is 5.43. The summed E-state index contributed by atoms with van der Waals surface area (Å²) < 4.78 is 38.9.